The van der Waals surface area contributed by atoms with Gasteiger partial charge in [-0.05, 0) is 25.9 Å². The lowest BCUT2D eigenvalue weighted by Crippen LogP contribution is -2.32. The second kappa shape index (κ2) is 6.82. The van der Waals surface area contributed by atoms with Crippen molar-refractivity contribution in [2.75, 3.05) is 13.1 Å². The van der Waals surface area contributed by atoms with Crippen LogP contribution < -0.4 is 5.32 Å². The van der Waals surface area contributed by atoms with Gasteiger partial charge in [0.2, 0.25) is 5.78 Å². The molecule has 86 valence electrons. The predicted molar refractivity (Wildman–Crippen MR) is 63.0 cm³/mol. The Morgan fingerprint density at radius 3 is 2.53 bits per heavy atom. The zero-order valence-electron chi connectivity index (χ0n) is 8.23. The number of Topliss-reactive ketones (excluding diaryl/α,β-unsaturated/α-hetero) is 1. The average Bonchev–Trinajstić information content (AvgIpc) is 2.71. The molecule has 0 aromatic carbocycles. The SMILES string of the molecule is Cl.Cl.O=C(c1ncc[nH]1)C1CCNCC1. The van der Waals surface area contributed by atoms with E-state index >= 15 is 0 Å². The standard InChI is InChI=1S/C9H13N3O.2ClH/c13-8(9-11-5-6-12-9)7-1-3-10-4-2-7;;/h5-7,10H,1-4H2,(H,11,12);2*1H. The Bertz CT molecular complexity index is 284. The first-order valence-electron chi connectivity index (χ1n) is 4.62. The Labute approximate surface area is 101 Å². The van der Waals surface area contributed by atoms with Crippen molar-refractivity contribution < 1.29 is 4.79 Å². The highest BCUT2D eigenvalue weighted by molar-refractivity contribution is 5.94. The molecule has 1 aromatic rings. The Morgan fingerprint density at radius 2 is 2.00 bits per heavy atom. The molecule has 6 heteroatoms. The van der Waals surface area contributed by atoms with Crippen LogP contribution in [0.5, 0.6) is 0 Å². The molecule has 1 aliphatic heterocycles. The van der Waals surface area contributed by atoms with E-state index in [0.29, 0.717) is 5.82 Å². The Hall–Kier alpha value is -0.580. The Balaban J connectivity index is 0.000000980. The highest BCUT2D eigenvalue weighted by atomic mass is 35.5. The molecule has 4 nitrogen and oxygen atoms in total. The van der Waals surface area contributed by atoms with Crippen molar-refractivity contribution in [2.45, 2.75) is 12.8 Å². The zero-order valence-corrected chi connectivity index (χ0v) is 9.87. The number of carbonyl (C=O) groups excluding carboxylic acids is 1. The molecular weight excluding hydrogens is 237 g/mol. The van der Waals surface area contributed by atoms with Crippen molar-refractivity contribution in [3.05, 3.63) is 18.2 Å². The van der Waals surface area contributed by atoms with Gasteiger partial charge >= 0.3 is 0 Å². The first-order valence-corrected chi connectivity index (χ1v) is 4.62. The number of hydrogen-bond donors (Lipinski definition) is 2. The number of aromatic amines is 1. The number of aromatic nitrogens is 2. The maximum absolute atomic E-state index is 11.7. The molecule has 0 bridgehead atoms. The average molecular weight is 252 g/mol. The van der Waals surface area contributed by atoms with Gasteiger partial charge < -0.3 is 10.3 Å². The smallest absolute Gasteiger partial charge is 0.201 e. The van der Waals surface area contributed by atoms with Gasteiger partial charge in [0.05, 0.1) is 0 Å². The number of carbonyl (C=O) groups is 1. The van der Waals surface area contributed by atoms with Gasteiger partial charge in [-0.2, -0.15) is 0 Å². The van der Waals surface area contributed by atoms with Crippen LogP contribution in [-0.4, -0.2) is 28.8 Å². The van der Waals surface area contributed by atoms with Crippen molar-refractivity contribution in [1.82, 2.24) is 15.3 Å². The largest absolute Gasteiger partial charge is 0.342 e. The lowest BCUT2D eigenvalue weighted by molar-refractivity contribution is 0.0885. The van der Waals surface area contributed by atoms with Crippen LogP contribution in [0.15, 0.2) is 12.4 Å². The molecule has 0 radical (unpaired) electrons. The lowest BCUT2D eigenvalue weighted by Gasteiger charge is -2.20. The number of nitrogens with one attached hydrogen (secondary N) is 2. The Kier molecular flexibility index (Phi) is 6.56. The van der Waals surface area contributed by atoms with E-state index in [1.165, 1.54) is 0 Å². The van der Waals surface area contributed by atoms with E-state index in [1.807, 2.05) is 0 Å². The fourth-order valence-electron chi connectivity index (χ4n) is 1.68. The molecule has 1 aliphatic rings. The summed E-state index contributed by atoms with van der Waals surface area (Å²) in [6, 6.07) is 0. The summed E-state index contributed by atoms with van der Waals surface area (Å²) < 4.78 is 0. The van der Waals surface area contributed by atoms with Gasteiger partial charge in [-0.1, -0.05) is 0 Å². The first-order chi connectivity index (χ1) is 6.38. The number of ketones is 1. The van der Waals surface area contributed by atoms with Crippen molar-refractivity contribution in [3.63, 3.8) is 0 Å². The lowest BCUT2D eigenvalue weighted by atomic mass is 9.93. The van der Waals surface area contributed by atoms with Gasteiger partial charge in [0.1, 0.15) is 0 Å². The van der Waals surface area contributed by atoms with Gasteiger partial charge in [-0.25, -0.2) is 4.98 Å². The molecule has 0 unspecified atom stereocenters. The summed E-state index contributed by atoms with van der Waals surface area (Å²) in [6.45, 7) is 1.88. The van der Waals surface area contributed by atoms with E-state index in [2.05, 4.69) is 15.3 Å². The fourth-order valence-corrected chi connectivity index (χ4v) is 1.68. The second-order valence-corrected chi connectivity index (χ2v) is 3.33. The molecule has 0 atom stereocenters. The topological polar surface area (TPSA) is 57.8 Å². The number of H-pyrrole nitrogens is 1. The van der Waals surface area contributed by atoms with Gasteiger partial charge in [0, 0.05) is 18.3 Å². The van der Waals surface area contributed by atoms with Crippen molar-refractivity contribution in [2.24, 2.45) is 5.92 Å². The minimum absolute atomic E-state index is 0. The van der Waals surface area contributed by atoms with E-state index in [4.69, 9.17) is 0 Å². The van der Waals surface area contributed by atoms with Crippen LogP contribution in [0.2, 0.25) is 0 Å². The molecule has 2 N–H and O–H groups in total. The molecular formula is C9H15Cl2N3O. The number of imidazole rings is 1. The molecule has 0 amide bonds. The van der Waals surface area contributed by atoms with E-state index in [0.717, 1.165) is 25.9 Å². The number of hydrogen-bond acceptors (Lipinski definition) is 3. The maximum Gasteiger partial charge on any atom is 0.201 e. The highest BCUT2D eigenvalue weighted by Gasteiger charge is 2.23. The molecule has 2 rings (SSSR count). The van der Waals surface area contributed by atoms with Crippen LogP contribution in [0.25, 0.3) is 0 Å². The minimum atomic E-state index is 0. The van der Waals surface area contributed by atoms with Gasteiger partial charge in [-0.3, -0.25) is 4.79 Å². The molecule has 15 heavy (non-hydrogen) atoms. The van der Waals surface area contributed by atoms with Crippen LogP contribution in [0, 0.1) is 5.92 Å². The van der Waals surface area contributed by atoms with E-state index in [-0.39, 0.29) is 36.5 Å². The Morgan fingerprint density at radius 1 is 1.33 bits per heavy atom. The minimum Gasteiger partial charge on any atom is -0.342 e. The predicted octanol–water partition coefficient (Wildman–Crippen LogP) is 1.44. The highest BCUT2D eigenvalue weighted by Crippen LogP contribution is 2.15. The number of piperidine rings is 1. The maximum atomic E-state index is 11.7. The summed E-state index contributed by atoms with van der Waals surface area (Å²) in [5.41, 5.74) is 0. The van der Waals surface area contributed by atoms with Crippen molar-refractivity contribution >= 4 is 30.6 Å². The van der Waals surface area contributed by atoms with Crippen molar-refractivity contribution in [3.8, 4) is 0 Å². The van der Waals surface area contributed by atoms with Gasteiger partial charge in [0.15, 0.2) is 5.82 Å². The number of halogens is 2. The summed E-state index contributed by atoms with van der Waals surface area (Å²) >= 11 is 0. The van der Waals surface area contributed by atoms with E-state index < -0.39 is 0 Å². The molecule has 1 fully saturated rings. The quantitative estimate of drug-likeness (QED) is 0.783. The zero-order chi connectivity index (χ0) is 9.10. The van der Waals surface area contributed by atoms with Crippen molar-refractivity contribution in [1.29, 1.82) is 0 Å². The van der Waals surface area contributed by atoms with Crippen LogP contribution in [0.4, 0.5) is 0 Å². The summed E-state index contributed by atoms with van der Waals surface area (Å²) in [7, 11) is 0. The third-order valence-electron chi connectivity index (χ3n) is 2.44. The number of rotatable bonds is 2. The molecule has 2 heterocycles. The van der Waals surface area contributed by atoms with E-state index in [9.17, 15) is 4.79 Å². The molecule has 1 aromatic heterocycles. The van der Waals surface area contributed by atoms with Crippen LogP contribution in [0.1, 0.15) is 23.5 Å². The third kappa shape index (κ3) is 3.48. The van der Waals surface area contributed by atoms with Gasteiger partial charge in [0.25, 0.3) is 0 Å². The van der Waals surface area contributed by atoms with Crippen LogP contribution >= 0.6 is 24.8 Å². The van der Waals surface area contributed by atoms with Crippen LogP contribution in [0.3, 0.4) is 0 Å². The molecule has 0 spiro atoms. The summed E-state index contributed by atoms with van der Waals surface area (Å²) in [5, 5.41) is 3.23. The third-order valence-corrected chi connectivity index (χ3v) is 2.44. The van der Waals surface area contributed by atoms with Gasteiger partial charge in [-0.15, -0.1) is 24.8 Å². The molecule has 0 aliphatic carbocycles. The fraction of sp³-hybridized carbons (Fsp3) is 0.556. The molecule has 1 saturated heterocycles. The van der Waals surface area contributed by atoms with Crippen LogP contribution in [-0.2, 0) is 0 Å². The summed E-state index contributed by atoms with van der Waals surface area (Å²) in [5.74, 6) is 0.825. The summed E-state index contributed by atoms with van der Waals surface area (Å²) in [4.78, 5) is 18.6. The second-order valence-electron chi connectivity index (χ2n) is 3.33. The number of nitrogens with zero attached hydrogens (tertiary/aromatic N) is 1. The normalized spacial score (nSPS) is 16.3. The van der Waals surface area contributed by atoms with E-state index in [1.54, 1.807) is 12.4 Å². The molecule has 0 saturated carbocycles. The summed E-state index contributed by atoms with van der Waals surface area (Å²) in [6.07, 6.45) is 5.17. The first kappa shape index (κ1) is 14.4. The monoisotopic (exact) mass is 251 g/mol.